The largest absolute Gasteiger partial charge is 0.313 e. The van der Waals surface area contributed by atoms with E-state index in [0.29, 0.717) is 6.04 Å². The topological polar surface area (TPSA) is 15.3 Å². The van der Waals surface area contributed by atoms with E-state index in [9.17, 15) is 0 Å². The predicted octanol–water partition coefficient (Wildman–Crippen LogP) is 2.74. The molecule has 2 heteroatoms. The Morgan fingerprint density at radius 3 is 2.19 bits per heavy atom. The summed E-state index contributed by atoms with van der Waals surface area (Å²) < 4.78 is 0. The van der Waals surface area contributed by atoms with E-state index in [2.05, 4.69) is 44.8 Å². The SMILES string of the molecule is CCC(CNC(C)C)N1CC(C)CC(C)C1. The molecule has 0 aromatic heterocycles. The molecule has 1 aliphatic rings. The molecular weight excluding hydrogens is 196 g/mol. The third-order valence-electron chi connectivity index (χ3n) is 3.65. The van der Waals surface area contributed by atoms with Crippen molar-refractivity contribution in [1.29, 1.82) is 0 Å². The Balaban J connectivity index is 2.44. The molecule has 1 rings (SSSR count). The molecule has 0 amide bonds. The van der Waals surface area contributed by atoms with Crippen LogP contribution in [0.3, 0.4) is 0 Å². The minimum Gasteiger partial charge on any atom is -0.313 e. The average Bonchev–Trinajstić information content (AvgIpc) is 2.16. The zero-order valence-electron chi connectivity index (χ0n) is 11.8. The van der Waals surface area contributed by atoms with Crippen LogP contribution in [0.4, 0.5) is 0 Å². The molecule has 0 aromatic rings. The normalized spacial score (nSPS) is 29.6. The van der Waals surface area contributed by atoms with Gasteiger partial charge in [-0.25, -0.2) is 0 Å². The van der Waals surface area contributed by atoms with Gasteiger partial charge in [-0.05, 0) is 24.7 Å². The Bertz CT molecular complexity index is 181. The van der Waals surface area contributed by atoms with Gasteiger partial charge >= 0.3 is 0 Å². The van der Waals surface area contributed by atoms with Gasteiger partial charge in [0.1, 0.15) is 0 Å². The van der Waals surface area contributed by atoms with Crippen LogP contribution < -0.4 is 5.32 Å². The fourth-order valence-electron chi connectivity index (χ4n) is 2.91. The van der Waals surface area contributed by atoms with Crippen LogP contribution in [0, 0.1) is 11.8 Å². The van der Waals surface area contributed by atoms with Crippen LogP contribution in [0.15, 0.2) is 0 Å². The van der Waals surface area contributed by atoms with Gasteiger partial charge in [-0.2, -0.15) is 0 Å². The van der Waals surface area contributed by atoms with Gasteiger partial charge in [-0.15, -0.1) is 0 Å². The van der Waals surface area contributed by atoms with Crippen LogP contribution in [0.2, 0.25) is 0 Å². The Morgan fingerprint density at radius 1 is 1.19 bits per heavy atom. The van der Waals surface area contributed by atoms with E-state index in [-0.39, 0.29) is 0 Å². The Morgan fingerprint density at radius 2 is 1.75 bits per heavy atom. The van der Waals surface area contributed by atoms with Crippen molar-refractivity contribution < 1.29 is 0 Å². The molecule has 2 nitrogen and oxygen atoms in total. The van der Waals surface area contributed by atoms with E-state index in [1.165, 1.54) is 25.9 Å². The van der Waals surface area contributed by atoms with Crippen LogP contribution in [-0.4, -0.2) is 36.6 Å². The summed E-state index contributed by atoms with van der Waals surface area (Å²) in [7, 11) is 0. The molecule has 0 spiro atoms. The van der Waals surface area contributed by atoms with E-state index < -0.39 is 0 Å². The molecule has 0 saturated carbocycles. The summed E-state index contributed by atoms with van der Waals surface area (Å²) in [4.78, 5) is 2.70. The maximum absolute atomic E-state index is 3.58. The van der Waals surface area contributed by atoms with Crippen LogP contribution in [0.25, 0.3) is 0 Å². The van der Waals surface area contributed by atoms with Crippen molar-refractivity contribution in [2.45, 2.75) is 59.5 Å². The smallest absolute Gasteiger partial charge is 0.0218 e. The molecule has 1 saturated heterocycles. The lowest BCUT2D eigenvalue weighted by molar-refractivity contribution is 0.0913. The van der Waals surface area contributed by atoms with E-state index in [0.717, 1.165) is 24.4 Å². The van der Waals surface area contributed by atoms with Gasteiger partial charge in [0.15, 0.2) is 0 Å². The number of nitrogens with zero attached hydrogens (tertiary/aromatic N) is 1. The van der Waals surface area contributed by atoms with E-state index in [4.69, 9.17) is 0 Å². The molecule has 0 bridgehead atoms. The molecular formula is C14H30N2. The maximum Gasteiger partial charge on any atom is 0.0218 e. The highest BCUT2D eigenvalue weighted by atomic mass is 15.2. The van der Waals surface area contributed by atoms with Gasteiger partial charge in [0, 0.05) is 31.7 Å². The third kappa shape index (κ3) is 4.42. The van der Waals surface area contributed by atoms with Crippen LogP contribution in [0.5, 0.6) is 0 Å². The monoisotopic (exact) mass is 226 g/mol. The van der Waals surface area contributed by atoms with E-state index >= 15 is 0 Å². The number of likely N-dealkylation sites (tertiary alicyclic amines) is 1. The number of piperidine rings is 1. The zero-order valence-corrected chi connectivity index (χ0v) is 11.8. The molecule has 0 aromatic carbocycles. The number of rotatable bonds is 5. The van der Waals surface area contributed by atoms with E-state index in [1.807, 2.05) is 0 Å². The lowest BCUT2D eigenvalue weighted by Crippen LogP contribution is -2.49. The summed E-state index contributed by atoms with van der Waals surface area (Å²) in [5, 5.41) is 3.58. The second kappa shape index (κ2) is 6.61. The fraction of sp³-hybridized carbons (Fsp3) is 1.00. The van der Waals surface area contributed by atoms with Crippen molar-refractivity contribution in [2.24, 2.45) is 11.8 Å². The van der Waals surface area contributed by atoms with Gasteiger partial charge in [-0.3, -0.25) is 4.90 Å². The zero-order chi connectivity index (χ0) is 12.1. The van der Waals surface area contributed by atoms with Crippen molar-refractivity contribution in [3.05, 3.63) is 0 Å². The quantitative estimate of drug-likeness (QED) is 0.775. The lowest BCUT2D eigenvalue weighted by Gasteiger charge is -2.40. The Labute approximate surface area is 102 Å². The van der Waals surface area contributed by atoms with Gasteiger partial charge in [-0.1, -0.05) is 34.6 Å². The molecule has 0 aliphatic carbocycles. The highest BCUT2D eigenvalue weighted by Gasteiger charge is 2.26. The first-order valence-corrected chi connectivity index (χ1v) is 7.00. The van der Waals surface area contributed by atoms with Gasteiger partial charge in [0.25, 0.3) is 0 Å². The van der Waals surface area contributed by atoms with Crippen molar-refractivity contribution in [2.75, 3.05) is 19.6 Å². The molecule has 1 aliphatic heterocycles. The summed E-state index contributed by atoms with van der Waals surface area (Å²) >= 11 is 0. The average molecular weight is 226 g/mol. The predicted molar refractivity (Wildman–Crippen MR) is 71.7 cm³/mol. The first-order valence-electron chi connectivity index (χ1n) is 7.00. The maximum atomic E-state index is 3.58. The molecule has 3 unspecified atom stereocenters. The first kappa shape index (κ1) is 14.0. The van der Waals surface area contributed by atoms with Crippen LogP contribution in [-0.2, 0) is 0 Å². The summed E-state index contributed by atoms with van der Waals surface area (Å²) in [6.45, 7) is 15.3. The van der Waals surface area contributed by atoms with Crippen molar-refractivity contribution >= 4 is 0 Å². The van der Waals surface area contributed by atoms with Crippen molar-refractivity contribution in [1.82, 2.24) is 10.2 Å². The highest BCUT2D eigenvalue weighted by Crippen LogP contribution is 2.23. The Hall–Kier alpha value is -0.0800. The third-order valence-corrected chi connectivity index (χ3v) is 3.65. The van der Waals surface area contributed by atoms with Crippen LogP contribution in [0.1, 0.15) is 47.5 Å². The first-order chi connectivity index (χ1) is 7.52. The molecule has 1 N–H and O–H groups in total. The summed E-state index contributed by atoms with van der Waals surface area (Å²) in [6, 6.07) is 1.33. The second-order valence-electron chi connectivity index (χ2n) is 6.02. The summed E-state index contributed by atoms with van der Waals surface area (Å²) in [5.74, 6) is 1.74. The molecule has 0 radical (unpaired) electrons. The van der Waals surface area contributed by atoms with Crippen molar-refractivity contribution in [3.8, 4) is 0 Å². The molecule has 96 valence electrons. The Kier molecular flexibility index (Phi) is 5.77. The minimum atomic E-state index is 0.605. The lowest BCUT2D eigenvalue weighted by atomic mass is 9.90. The number of hydrogen-bond donors (Lipinski definition) is 1. The molecule has 1 heterocycles. The molecule has 3 atom stereocenters. The van der Waals surface area contributed by atoms with Gasteiger partial charge in [0.05, 0.1) is 0 Å². The summed E-state index contributed by atoms with van der Waals surface area (Å²) in [6.07, 6.45) is 2.67. The second-order valence-corrected chi connectivity index (χ2v) is 6.02. The van der Waals surface area contributed by atoms with Crippen LogP contribution >= 0.6 is 0 Å². The molecule has 1 fully saturated rings. The number of nitrogens with one attached hydrogen (secondary N) is 1. The van der Waals surface area contributed by atoms with Gasteiger partial charge < -0.3 is 5.32 Å². The van der Waals surface area contributed by atoms with Gasteiger partial charge in [0.2, 0.25) is 0 Å². The summed E-state index contributed by atoms with van der Waals surface area (Å²) in [5.41, 5.74) is 0. The van der Waals surface area contributed by atoms with E-state index in [1.54, 1.807) is 0 Å². The fourth-order valence-corrected chi connectivity index (χ4v) is 2.91. The minimum absolute atomic E-state index is 0.605. The standard InChI is InChI=1S/C14H30N2/c1-6-14(8-15-11(2)3)16-9-12(4)7-13(5)10-16/h11-15H,6-10H2,1-5H3. The number of hydrogen-bond acceptors (Lipinski definition) is 2. The highest BCUT2D eigenvalue weighted by molar-refractivity contribution is 4.81. The van der Waals surface area contributed by atoms with Crippen molar-refractivity contribution in [3.63, 3.8) is 0 Å². The molecule has 16 heavy (non-hydrogen) atoms.